The molecule has 1 heterocycles. The van der Waals surface area contributed by atoms with Gasteiger partial charge in [-0.3, -0.25) is 0 Å². The Morgan fingerprint density at radius 1 is 1.20 bits per heavy atom. The number of aromatic amines is 1. The minimum Gasteiger partial charge on any atom is -0.465 e. The second kappa shape index (κ2) is 5.53. The maximum absolute atomic E-state index is 11.4. The van der Waals surface area contributed by atoms with E-state index in [1.54, 1.807) is 0 Å². The number of hydrogen-bond donors (Lipinski definition) is 1. The molecule has 0 saturated heterocycles. The molecule has 1 aromatic heterocycles. The number of nitrogens with one attached hydrogen (secondary N) is 1. The van der Waals surface area contributed by atoms with E-state index in [1.165, 1.54) is 55.3 Å². The Bertz CT molecular complexity index is 587. The van der Waals surface area contributed by atoms with Crippen LogP contribution in [0, 0.1) is 0 Å². The van der Waals surface area contributed by atoms with Gasteiger partial charge in [0.2, 0.25) is 0 Å². The highest BCUT2D eigenvalue weighted by molar-refractivity contribution is 5.89. The quantitative estimate of drug-likeness (QED) is 0.869. The van der Waals surface area contributed by atoms with Crippen LogP contribution in [0.25, 0.3) is 0 Å². The van der Waals surface area contributed by atoms with Crippen molar-refractivity contribution in [2.45, 2.75) is 32.1 Å². The van der Waals surface area contributed by atoms with E-state index in [-0.39, 0.29) is 5.97 Å². The summed E-state index contributed by atoms with van der Waals surface area (Å²) < 4.78 is 4.70. The second-order valence-corrected chi connectivity index (χ2v) is 5.37. The molecule has 0 amide bonds. The standard InChI is InChI=1S/C17H19NO2/c1-20-17(19)13-8-6-12(7-9-13)10-15-11-14-4-2-3-5-16(14)18-15/h6-9,11,18H,2-5,10H2,1H3. The molecule has 1 aromatic carbocycles. The Morgan fingerprint density at radius 3 is 2.65 bits per heavy atom. The third kappa shape index (κ3) is 2.62. The molecule has 0 radical (unpaired) electrons. The summed E-state index contributed by atoms with van der Waals surface area (Å²) in [5, 5.41) is 0. The van der Waals surface area contributed by atoms with E-state index in [9.17, 15) is 4.79 Å². The first-order valence-corrected chi connectivity index (χ1v) is 7.13. The number of fused-ring (bicyclic) bond motifs is 1. The lowest BCUT2D eigenvalue weighted by Gasteiger charge is -2.09. The van der Waals surface area contributed by atoms with Gasteiger partial charge >= 0.3 is 5.97 Å². The SMILES string of the molecule is COC(=O)c1ccc(Cc2cc3c([nH]2)CCCC3)cc1. The first-order chi connectivity index (χ1) is 9.76. The average Bonchev–Trinajstić information content (AvgIpc) is 2.89. The predicted octanol–water partition coefficient (Wildman–Crippen LogP) is 3.27. The smallest absolute Gasteiger partial charge is 0.337 e. The number of hydrogen-bond acceptors (Lipinski definition) is 2. The van der Waals surface area contributed by atoms with Crippen molar-refractivity contribution in [1.82, 2.24) is 4.98 Å². The number of carbonyl (C=O) groups is 1. The van der Waals surface area contributed by atoms with E-state index in [4.69, 9.17) is 4.74 Å². The van der Waals surface area contributed by atoms with Crippen molar-refractivity contribution >= 4 is 5.97 Å². The third-order valence-corrected chi connectivity index (χ3v) is 3.94. The van der Waals surface area contributed by atoms with Gasteiger partial charge < -0.3 is 9.72 Å². The van der Waals surface area contributed by atoms with Gasteiger partial charge in [0.05, 0.1) is 12.7 Å². The highest BCUT2D eigenvalue weighted by atomic mass is 16.5. The predicted molar refractivity (Wildman–Crippen MR) is 78.0 cm³/mol. The Morgan fingerprint density at radius 2 is 1.95 bits per heavy atom. The molecule has 0 bridgehead atoms. The van der Waals surface area contributed by atoms with Crippen LogP contribution < -0.4 is 0 Å². The summed E-state index contributed by atoms with van der Waals surface area (Å²) >= 11 is 0. The molecule has 1 aliphatic rings. The number of benzene rings is 1. The van der Waals surface area contributed by atoms with Gasteiger partial charge in [0.15, 0.2) is 0 Å². The third-order valence-electron chi connectivity index (χ3n) is 3.94. The van der Waals surface area contributed by atoms with Gasteiger partial charge in [-0.2, -0.15) is 0 Å². The minimum atomic E-state index is -0.285. The Hall–Kier alpha value is -2.03. The van der Waals surface area contributed by atoms with Gasteiger partial charge in [0.25, 0.3) is 0 Å². The van der Waals surface area contributed by atoms with Crippen molar-refractivity contribution < 1.29 is 9.53 Å². The van der Waals surface area contributed by atoms with Crippen LogP contribution in [0.1, 0.15) is 45.7 Å². The summed E-state index contributed by atoms with van der Waals surface area (Å²) in [5.74, 6) is -0.285. The highest BCUT2D eigenvalue weighted by Gasteiger charge is 2.12. The molecule has 0 saturated carbocycles. The van der Waals surface area contributed by atoms with Gasteiger partial charge in [-0.25, -0.2) is 4.79 Å². The number of aryl methyl sites for hydroxylation is 2. The van der Waals surface area contributed by atoms with E-state index in [1.807, 2.05) is 24.3 Å². The Balaban J connectivity index is 1.74. The normalized spacial score (nSPS) is 13.8. The molecule has 0 spiro atoms. The zero-order chi connectivity index (χ0) is 13.9. The summed E-state index contributed by atoms with van der Waals surface area (Å²) in [6, 6.07) is 9.93. The Labute approximate surface area is 119 Å². The van der Waals surface area contributed by atoms with E-state index < -0.39 is 0 Å². The topological polar surface area (TPSA) is 42.1 Å². The molecule has 3 heteroatoms. The summed E-state index contributed by atoms with van der Waals surface area (Å²) in [6.45, 7) is 0. The fourth-order valence-corrected chi connectivity index (χ4v) is 2.86. The van der Waals surface area contributed by atoms with Crippen LogP contribution in [0.15, 0.2) is 30.3 Å². The van der Waals surface area contributed by atoms with Crippen LogP contribution in [0.2, 0.25) is 0 Å². The van der Waals surface area contributed by atoms with Gasteiger partial charge in [0, 0.05) is 17.8 Å². The van der Waals surface area contributed by atoms with Crippen molar-refractivity contribution in [3.63, 3.8) is 0 Å². The zero-order valence-electron chi connectivity index (χ0n) is 11.7. The highest BCUT2D eigenvalue weighted by Crippen LogP contribution is 2.23. The molecule has 1 aliphatic carbocycles. The average molecular weight is 269 g/mol. The summed E-state index contributed by atoms with van der Waals surface area (Å²) in [6.07, 6.45) is 5.86. The lowest BCUT2D eigenvalue weighted by atomic mass is 9.98. The monoisotopic (exact) mass is 269 g/mol. The Kier molecular flexibility index (Phi) is 3.59. The number of esters is 1. The van der Waals surface area contributed by atoms with E-state index in [0.717, 1.165) is 6.42 Å². The zero-order valence-corrected chi connectivity index (χ0v) is 11.7. The van der Waals surface area contributed by atoms with Crippen LogP contribution in [0.4, 0.5) is 0 Å². The number of rotatable bonds is 3. The number of H-pyrrole nitrogens is 1. The van der Waals surface area contributed by atoms with Gasteiger partial charge in [0.1, 0.15) is 0 Å². The van der Waals surface area contributed by atoms with Gasteiger partial charge in [-0.1, -0.05) is 12.1 Å². The molecule has 3 nitrogen and oxygen atoms in total. The molecular formula is C17H19NO2. The number of carbonyl (C=O) groups excluding carboxylic acids is 1. The van der Waals surface area contributed by atoms with Crippen LogP contribution in [-0.2, 0) is 24.0 Å². The van der Waals surface area contributed by atoms with Crippen LogP contribution >= 0.6 is 0 Å². The molecule has 0 fully saturated rings. The maximum atomic E-state index is 11.4. The van der Waals surface area contributed by atoms with Crippen molar-refractivity contribution in [1.29, 1.82) is 0 Å². The number of aromatic nitrogens is 1. The lowest BCUT2D eigenvalue weighted by molar-refractivity contribution is 0.0600. The van der Waals surface area contributed by atoms with Crippen molar-refractivity contribution in [3.05, 3.63) is 58.4 Å². The van der Waals surface area contributed by atoms with Gasteiger partial charge in [-0.05, 0) is 55.0 Å². The van der Waals surface area contributed by atoms with E-state index >= 15 is 0 Å². The van der Waals surface area contributed by atoms with E-state index in [2.05, 4.69) is 11.1 Å². The van der Waals surface area contributed by atoms with Crippen molar-refractivity contribution in [2.24, 2.45) is 0 Å². The maximum Gasteiger partial charge on any atom is 0.337 e. The van der Waals surface area contributed by atoms with Crippen molar-refractivity contribution in [3.8, 4) is 0 Å². The van der Waals surface area contributed by atoms with Crippen LogP contribution in [-0.4, -0.2) is 18.1 Å². The van der Waals surface area contributed by atoms with Crippen LogP contribution in [0.5, 0.6) is 0 Å². The summed E-state index contributed by atoms with van der Waals surface area (Å²) in [4.78, 5) is 14.9. The fourth-order valence-electron chi connectivity index (χ4n) is 2.86. The number of ether oxygens (including phenoxy) is 1. The molecule has 20 heavy (non-hydrogen) atoms. The molecule has 0 atom stereocenters. The lowest BCUT2D eigenvalue weighted by Crippen LogP contribution is -2.01. The first kappa shape index (κ1) is 13.0. The fraction of sp³-hybridized carbons (Fsp3) is 0.353. The second-order valence-electron chi connectivity index (χ2n) is 5.37. The largest absolute Gasteiger partial charge is 0.465 e. The number of methoxy groups -OCH3 is 1. The van der Waals surface area contributed by atoms with Crippen molar-refractivity contribution in [2.75, 3.05) is 7.11 Å². The van der Waals surface area contributed by atoms with E-state index in [0.29, 0.717) is 5.56 Å². The van der Waals surface area contributed by atoms with Crippen LogP contribution in [0.3, 0.4) is 0 Å². The summed E-state index contributed by atoms with van der Waals surface area (Å²) in [5.41, 5.74) is 5.97. The molecule has 3 rings (SSSR count). The molecular weight excluding hydrogens is 250 g/mol. The van der Waals surface area contributed by atoms with Gasteiger partial charge in [-0.15, -0.1) is 0 Å². The summed E-state index contributed by atoms with van der Waals surface area (Å²) in [7, 11) is 1.40. The molecule has 1 N–H and O–H groups in total. The molecule has 0 aliphatic heterocycles. The molecule has 104 valence electrons. The minimum absolute atomic E-state index is 0.285. The first-order valence-electron chi connectivity index (χ1n) is 7.13. The molecule has 2 aromatic rings. The molecule has 0 unspecified atom stereocenters.